The first-order valence-corrected chi connectivity index (χ1v) is 28.9. The molecule has 5 nitrogen and oxygen atoms in total. The van der Waals surface area contributed by atoms with Gasteiger partial charge in [-0.1, -0.05) is 166 Å². The molecule has 0 atom stereocenters. The molecule has 0 amide bonds. The number of aromatic nitrogens is 1. The number of furan rings is 1. The summed E-state index contributed by atoms with van der Waals surface area (Å²) in [6.45, 7) is 4.74. The average Bonchev–Trinajstić information content (AvgIpc) is 3.68. The first-order chi connectivity index (χ1) is 41.4. The molecule has 2 heterocycles. The third-order valence-electron chi connectivity index (χ3n) is 17.3. The van der Waals surface area contributed by atoms with E-state index in [0.717, 1.165) is 112 Å². The fourth-order valence-electron chi connectivity index (χ4n) is 13.3. The topological polar surface area (TPSA) is 27.8 Å². The number of hydrogen-bond donors (Lipinski definition) is 0. The van der Waals surface area contributed by atoms with Gasteiger partial charge in [0.1, 0.15) is 11.2 Å². The zero-order valence-electron chi connectivity index (χ0n) is 46.6. The normalized spacial score (nSPS) is 12.5. The fraction of sp³-hybridized carbons (Fsp3) is 0.0380. The lowest BCUT2D eigenvalue weighted by molar-refractivity contribution is 0.660. The molecule has 1 aliphatic carbocycles. The van der Waals surface area contributed by atoms with E-state index in [-0.39, 0.29) is 5.41 Å². The van der Waals surface area contributed by atoms with E-state index < -0.39 is 0 Å². The van der Waals surface area contributed by atoms with Crippen molar-refractivity contribution in [2.75, 3.05) is 14.7 Å². The molecular weight excluding hydrogens is 1020 g/mol. The summed E-state index contributed by atoms with van der Waals surface area (Å²) in [5, 5.41) is 6.80. The molecular formula is C79H56N4O. The number of para-hydroxylation sites is 5. The number of fused-ring (bicyclic) bond motifs is 10. The first kappa shape index (κ1) is 49.0. The Bertz CT molecular complexity index is 4910. The molecule has 398 valence electrons. The summed E-state index contributed by atoms with van der Waals surface area (Å²) in [5.74, 6) is 0. The molecule has 13 aromatic carbocycles. The first-order valence-electron chi connectivity index (χ1n) is 28.9. The van der Waals surface area contributed by atoms with Gasteiger partial charge in [0.05, 0.1) is 16.7 Å². The smallest absolute Gasteiger partial charge is 0.137 e. The van der Waals surface area contributed by atoms with Crippen LogP contribution in [-0.4, -0.2) is 4.57 Å². The highest BCUT2D eigenvalue weighted by molar-refractivity contribution is 6.13. The largest absolute Gasteiger partial charge is 0.456 e. The monoisotopic (exact) mass is 1080 g/mol. The van der Waals surface area contributed by atoms with Gasteiger partial charge in [0.15, 0.2) is 0 Å². The molecule has 0 radical (unpaired) electrons. The van der Waals surface area contributed by atoms with Gasteiger partial charge in [-0.2, -0.15) is 0 Å². The molecule has 0 spiro atoms. The van der Waals surface area contributed by atoms with Crippen LogP contribution in [0.3, 0.4) is 0 Å². The predicted molar refractivity (Wildman–Crippen MR) is 353 cm³/mol. The quantitative estimate of drug-likeness (QED) is 0.129. The Kier molecular flexibility index (Phi) is 11.5. The number of anilines is 9. The van der Waals surface area contributed by atoms with Gasteiger partial charge >= 0.3 is 0 Å². The van der Waals surface area contributed by atoms with Crippen LogP contribution in [0.2, 0.25) is 0 Å². The maximum atomic E-state index is 6.95. The van der Waals surface area contributed by atoms with Gasteiger partial charge in [0.25, 0.3) is 0 Å². The van der Waals surface area contributed by atoms with Crippen LogP contribution in [-0.2, 0) is 5.41 Å². The highest BCUT2D eigenvalue weighted by Crippen LogP contribution is 2.56. The van der Waals surface area contributed by atoms with Gasteiger partial charge in [-0.25, -0.2) is 0 Å². The molecule has 5 heteroatoms. The number of hydrogen-bond acceptors (Lipinski definition) is 4. The third-order valence-corrected chi connectivity index (χ3v) is 17.3. The van der Waals surface area contributed by atoms with Crippen LogP contribution >= 0.6 is 0 Å². The zero-order valence-corrected chi connectivity index (χ0v) is 46.6. The minimum atomic E-state index is -0.228. The molecule has 16 rings (SSSR count). The Hall–Kier alpha value is -10.9. The van der Waals surface area contributed by atoms with Crippen molar-refractivity contribution in [3.8, 4) is 27.9 Å². The van der Waals surface area contributed by atoms with E-state index in [1.807, 2.05) is 0 Å². The average molecular weight is 1080 g/mol. The lowest BCUT2D eigenvalue weighted by Gasteiger charge is -2.29. The van der Waals surface area contributed by atoms with Crippen molar-refractivity contribution in [1.29, 1.82) is 0 Å². The molecule has 0 N–H and O–H groups in total. The summed E-state index contributed by atoms with van der Waals surface area (Å²) in [7, 11) is 0. The molecule has 2 aromatic heterocycles. The summed E-state index contributed by atoms with van der Waals surface area (Å²) in [4.78, 5) is 7.16. The summed E-state index contributed by atoms with van der Waals surface area (Å²) < 4.78 is 9.35. The number of rotatable bonds is 11. The van der Waals surface area contributed by atoms with Gasteiger partial charge in [-0.3, -0.25) is 0 Å². The Labute approximate surface area is 488 Å². The lowest BCUT2D eigenvalue weighted by atomic mass is 9.81. The maximum Gasteiger partial charge on any atom is 0.137 e. The lowest BCUT2D eigenvalue weighted by Crippen LogP contribution is -2.16. The summed E-state index contributed by atoms with van der Waals surface area (Å²) in [5.41, 5.74) is 22.0. The van der Waals surface area contributed by atoms with Crippen molar-refractivity contribution in [3.05, 3.63) is 314 Å². The predicted octanol–water partition coefficient (Wildman–Crippen LogP) is 22.2. The molecule has 84 heavy (non-hydrogen) atoms. The van der Waals surface area contributed by atoms with Crippen LogP contribution in [0.4, 0.5) is 51.2 Å². The fourth-order valence-corrected chi connectivity index (χ4v) is 13.3. The van der Waals surface area contributed by atoms with Gasteiger partial charge in [0, 0.05) is 89.8 Å². The minimum Gasteiger partial charge on any atom is -0.456 e. The molecule has 0 unspecified atom stereocenters. The van der Waals surface area contributed by atoms with Gasteiger partial charge < -0.3 is 23.7 Å². The molecule has 0 bridgehead atoms. The van der Waals surface area contributed by atoms with Crippen LogP contribution < -0.4 is 14.7 Å². The van der Waals surface area contributed by atoms with E-state index in [2.05, 4.69) is 336 Å². The van der Waals surface area contributed by atoms with E-state index in [9.17, 15) is 0 Å². The summed E-state index contributed by atoms with van der Waals surface area (Å²) in [6, 6.07) is 110. The van der Waals surface area contributed by atoms with E-state index in [0.29, 0.717) is 0 Å². The van der Waals surface area contributed by atoms with Crippen molar-refractivity contribution < 1.29 is 4.42 Å². The van der Waals surface area contributed by atoms with Crippen molar-refractivity contribution >= 4 is 106 Å². The number of benzene rings is 13. The van der Waals surface area contributed by atoms with Crippen LogP contribution in [0, 0.1) is 0 Å². The summed E-state index contributed by atoms with van der Waals surface area (Å²) >= 11 is 0. The second-order valence-electron chi connectivity index (χ2n) is 22.5. The molecule has 0 fully saturated rings. The molecule has 15 aromatic rings. The Balaban J connectivity index is 0.861. The van der Waals surface area contributed by atoms with E-state index in [1.165, 1.54) is 33.0 Å². The molecule has 0 saturated heterocycles. The van der Waals surface area contributed by atoms with Crippen LogP contribution in [0.5, 0.6) is 0 Å². The Morgan fingerprint density at radius 3 is 1.44 bits per heavy atom. The van der Waals surface area contributed by atoms with Gasteiger partial charge in [0.2, 0.25) is 0 Å². The summed E-state index contributed by atoms with van der Waals surface area (Å²) in [6.07, 6.45) is 0. The Morgan fingerprint density at radius 1 is 0.310 bits per heavy atom. The SMILES string of the molecule is CC1(C)c2ccccc2-c2c(N(c3ccccc3)c3ccccc3)cc(-c3ccc4oc5cc(N(c6ccc7ccccc7c6)c6ccc7c(c6)c6cc(N(c8ccccc8)c8ccccc8)ccc6n7-c6ccccc6)ccc5c4c3)cc21. The van der Waals surface area contributed by atoms with Crippen molar-refractivity contribution in [2.45, 2.75) is 19.3 Å². The maximum absolute atomic E-state index is 6.95. The van der Waals surface area contributed by atoms with E-state index >= 15 is 0 Å². The van der Waals surface area contributed by atoms with Crippen molar-refractivity contribution in [2.24, 2.45) is 0 Å². The van der Waals surface area contributed by atoms with E-state index in [4.69, 9.17) is 4.42 Å². The standard InChI is InChI=1S/C79H56N4O/c1-79(2)71-35-21-20-34-67(71)78-72(79)48-56(49-75(78)82(59-28-12-5-13-29-59)60-30-14-6-15-31-60)55-37-45-76-70(47-55)66-42-39-65(52-77(66)84-76)81(62-38-36-53-22-18-19-23-54(53)46-62)64-41-44-74-69(51-64)68-50-63(40-43-73(68)83(74)61-32-16-7-17-33-61)80(57-24-8-3-9-25-57)58-26-10-4-11-27-58/h3-52H,1-2H3. The van der Waals surface area contributed by atoms with Gasteiger partial charge in [-0.15, -0.1) is 0 Å². The van der Waals surface area contributed by atoms with Crippen molar-refractivity contribution in [3.63, 3.8) is 0 Å². The molecule has 0 aliphatic heterocycles. The Morgan fingerprint density at radius 2 is 0.810 bits per heavy atom. The molecule has 0 saturated carbocycles. The second-order valence-corrected chi connectivity index (χ2v) is 22.5. The van der Waals surface area contributed by atoms with Crippen LogP contribution in [0.15, 0.2) is 308 Å². The van der Waals surface area contributed by atoms with Crippen molar-refractivity contribution in [1.82, 2.24) is 4.57 Å². The highest BCUT2D eigenvalue weighted by atomic mass is 16.3. The highest BCUT2D eigenvalue weighted by Gasteiger charge is 2.39. The van der Waals surface area contributed by atoms with Crippen LogP contribution in [0.1, 0.15) is 25.0 Å². The van der Waals surface area contributed by atoms with E-state index in [1.54, 1.807) is 0 Å². The van der Waals surface area contributed by atoms with Crippen LogP contribution in [0.25, 0.3) is 82.5 Å². The number of nitrogens with zero attached hydrogens (tertiary/aromatic N) is 4. The molecule has 1 aliphatic rings. The third kappa shape index (κ3) is 8.07. The minimum absolute atomic E-state index is 0.228. The zero-order chi connectivity index (χ0) is 55.9. The second kappa shape index (κ2) is 19.7. The van der Waals surface area contributed by atoms with Gasteiger partial charge in [-0.05, 0) is 184 Å².